The van der Waals surface area contributed by atoms with Gasteiger partial charge in [-0.1, -0.05) is 65.2 Å². The molecule has 0 spiro atoms. The summed E-state index contributed by atoms with van der Waals surface area (Å²) in [4.78, 5) is 0. The predicted molar refractivity (Wildman–Crippen MR) is 81.8 cm³/mol. The van der Waals surface area contributed by atoms with Crippen molar-refractivity contribution in [2.24, 2.45) is 11.7 Å². The molecular weight excluding hydrogens is 218 g/mol. The van der Waals surface area contributed by atoms with E-state index in [4.69, 9.17) is 5.73 Å². The summed E-state index contributed by atoms with van der Waals surface area (Å²) in [5, 5.41) is 0. The molecule has 0 saturated heterocycles. The average molecular weight is 253 g/mol. The van der Waals surface area contributed by atoms with Gasteiger partial charge < -0.3 is 5.73 Å². The van der Waals surface area contributed by atoms with E-state index < -0.39 is 0 Å². The summed E-state index contributed by atoms with van der Waals surface area (Å²) >= 11 is 0. The zero-order valence-corrected chi connectivity index (χ0v) is 12.8. The van der Waals surface area contributed by atoms with Crippen LogP contribution in [0.5, 0.6) is 0 Å². The molecule has 0 amide bonds. The molecule has 0 aromatic carbocycles. The van der Waals surface area contributed by atoms with E-state index in [0.29, 0.717) is 0 Å². The van der Waals surface area contributed by atoms with Crippen LogP contribution in [0.2, 0.25) is 0 Å². The summed E-state index contributed by atoms with van der Waals surface area (Å²) in [6.07, 6.45) is 17.8. The first kappa shape index (κ1) is 16.0. The van der Waals surface area contributed by atoms with Crippen LogP contribution in [0.15, 0.2) is 0 Å². The molecule has 1 aliphatic carbocycles. The molecule has 18 heavy (non-hydrogen) atoms. The summed E-state index contributed by atoms with van der Waals surface area (Å²) in [5.74, 6) is 0.968. The summed E-state index contributed by atoms with van der Waals surface area (Å²) in [6.45, 7) is 4.61. The van der Waals surface area contributed by atoms with Gasteiger partial charge in [-0.15, -0.1) is 0 Å². The molecule has 0 atom stereocenters. The fraction of sp³-hybridized carbons (Fsp3) is 1.00. The number of hydrogen-bond donors (Lipinski definition) is 1. The highest BCUT2D eigenvalue weighted by Crippen LogP contribution is 2.35. The molecule has 2 N–H and O–H groups in total. The molecule has 0 aromatic heterocycles. The van der Waals surface area contributed by atoms with Gasteiger partial charge in [-0.3, -0.25) is 0 Å². The van der Waals surface area contributed by atoms with Crippen molar-refractivity contribution in [2.45, 2.75) is 103 Å². The Morgan fingerprint density at radius 2 is 1.44 bits per heavy atom. The van der Waals surface area contributed by atoms with E-state index in [1.165, 1.54) is 83.5 Å². The van der Waals surface area contributed by atoms with Crippen LogP contribution in [0, 0.1) is 5.92 Å². The second kappa shape index (κ2) is 8.96. The molecular formula is C17H35N. The maximum atomic E-state index is 6.54. The van der Waals surface area contributed by atoms with Crippen LogP contribution in [-0.2, 0) is 0 Å². The molecule has 0 aromatic rings. The number of nitrogens with two attached hydrogens (primary N) is 1. The van der Waals surface area contributed by atoms with E-state index in [9.17, 15) is 0 Å². The van der Waals surface area contributed by atoms with Gasteiger partial charge in [-0.2, -0.15) is 0 Å². The molecule has 0 heterocycles. The van der Waals surface area contributed by atoms with E-state index in [0.717, 1.165) is 5.92 Å². The topological polar surface area (TPSA) is 26.0 Å². The van der Waals surface area contributed by atoms with Gasteiger partial charge in [0, 0.05) is 5.54 Å². The molecule has 1 saturated carbocycles. The lowest BCUT2D eigenvalue weighted by molar-refractivity contribution is 0.213. The Balaban J connectivity index is 2.01. The second-order valence-corrected chi connectivity index (χ2v) is 6.59. The van der Waals surface area contributed by atoms with Crippen molar-refractivity contribution in [3.8, 4) is 0 Å². The van der Waals surface area contributed by atoms with Crippen molar-refractivity contribution in [1.82, 2.24) is 0 Å². The largest absolute Gasteiger partial charge is 0.325 e. The standard InChI is InChI=1S/C17H35N/c1-3-5-6-7-8-9-10-13-17(18)14-11-16(4-2)12-15-17/h16H,3-15,18H2,1-2H3. The second-order valence-electron chi connectivity index (χ2n) is 6.59. The Kier molecular flexibility index (Phi) is 7.97. The SMILES string of the molecule is CCCCCCCCCC1(N)CCC(CC)CC1. The van der Waals surface area contributed by atoms with Crippen molar-refractivity contribution in [2.75, 3.05) is 0 Å². The predicted octanol–water partition coefficient (Wildman–Crippen LogP) is 5.42. The zero-order valence-electron chi connectivity index (χ0n) is 12.8. The first-order chi connectivity index (χ1) is 8.70. The van der Waals surface area contributed by atoms with Crippen LogP contribution in [0.25, 0.3) is 0 Å². The third kappa shape index (κ3) is 6.22. The molecule has 1 aliphatic rings. The monoisotopic (exact) mass is 253 g/mol. The molecule has 1 heteroatoms. The first-order valence-corrected chi connectivity index (χ1v) is 8.49. The maximum absolute atomic E-state index is 6.54. The van der Waals surface area contributed by atoms with Crippen molar-refractivity contribution in [1.29, 1.82) is 0 Å². The van der Waals surface area contributed by atoms with E-state index in [1.54, 1.807) is 0 Å². The number of rotatable bonds is 9. The zero-order chi connectivity index (χ0) is 13.3. The first-order valence-electron chi connectivity index (χ1n) is 8.49. The van der Waals surface area contributed by atoms with E-state index in [2.05, 4.69) is 13.8 Å². The van der Waals surface area contributed by atoms with Crippen LogP contribution in [0.3, 0.4) is 0 Å². The molecule has 1 fully saturated rings. The Morgan fingerprint density at radius 1 is 0.889 bits per heavy atom. The fourth-order valence-electron chi connectivity index (χ4n) is 3.34. The Bertz CT molecular complexity index is 192. The molecule has 0 bridgehead atoms. The molecule has 0 aliphatic heterocycles. The number of hydrogen-bond acceptors (Lipinski definition) is 1. The summed E-state index contributed by atoms with van der Waals surface area (Å²) in [7, 11) is 0. The van der Waals surface area contributed by atoms with Crippen molar-refractivity contribution in [3.63, 3.8) is 0 Å². The highest BCUT2D eigenvalue weighted by molar-refractivity contribution is 4.89. The molecule has 1 nitrogen and oxygen atoms in total. The smallest absolute Gasteiger partial charge is 0.0154 e. The third-order valence-electron chi connectivity index (χ3n) is 4.96. The van der Waals surface area contributed by atoms with Crippen LogP contribution < -0.4 is 5.73 Å². The minimum Gasteiger partial charge on any atom is -0.325 e. The van der Waals surface area contributed by atoms with Gasteiger partial charge >= 0.3 is 0 Å². The Labute approximate surface area is 115 Å². The summed E-state index contributed by atoms with van der Waals surface area (Å²) in [6, 6.07) is 0. The summed E-state index contributed by atoms with van der Waals surface area (Å²) < 4.78 is 0. The van der Waals surface area contributed by atoms with Gasteiger partial charge in [0.25, 0.3) is 0 Å². The van der Waals surface area contributed by atoms with Crippen LogP contribution in [0.4, 0.5) is 0 Å². The van der Waals surface area contributed by atoms with E-state index in [1.807, 2.05) is 0 Å². The highest BCUT2D eigenvalue weighted by Gasteiger charge is 2.30. The third-order valence-corrected chi connectivity index (χ3v) is 4.96. The molecule has 108 valence electrons. The maximum Gasteiger partial charge on any atom is 0.0154 e. The van der Waals surface area contributed by atoms with Crippen molar-refractivity contribution < 1.29 is 0 Å². The van der Waals surface area contributed by atoms with Crippen molar-refractivity contribution in [3.05, 3.63) is 0 Å². The van der Waals surface area contributed by atoms with Gasteiger partial charge in [0.2, 0.25) is 0 Å². The average Bonchev–Trinajstić information content (AvgIpc) is 2.39. The van der Waals surface area contributed by atoms with Crippen LogP contribution >= 0.6 is 0 Å². The lowest BCUT2D eigenvalue weighted by Gasteiger charge is -2.37. The van der Waals surface area contributed by atoms with Gasteiger partial charge in [-0.25, -0.2) is 0 Å². The van der Waals surface area contributed by atoms with E-state index >= 15 is 0 Å². The molecule has 1 rings (SSSR count). The normalized spacial score (nSPS) is 28.5. The minimum atomic E-state index is 0.203. The van der Waals surface area contributed by atoms with Crippen LogP contribution in [0.1, 0.15) is 97.3 Å². The summed E-state index contributed by atoms with van der Waals surface area (Å²) in [5.41, 5.74) is 6.74. The van der Waals surface area contributed by atoms with Gasteiger partial charge in [0.1, 0.15) is 0 Å². The Morgan fingerprint density at radius 3 is 2.00 bits per heavy atom. The molecule has 0 unspecified atom stereocenters. The number of unbranched alkanes of at least 4 members (excludes halogenated alkanes) is 6. The van der Waals surface area contributed by atoms with Crippen molar-refractivity contribution >= 4 is 0 Å². The van der Waals surface area contributed by atoms with Gasteiger partial charge in [-0.05, 0) is 38.0 Å². The highest BCUT2D eigenvalue weighted by atomic mass is 14.7. The van der Waals surface area contributed by atoms with E-state index in [-0.39, 0.29) is 5.54 Å². The minimum absolute atomic E-state index is 0.203. The van der Waals surface area contributed by atoms with Crippen LogP contribution in [-0.4, -0.2) is 5.54 Å². The van der Waals surface area contributed by atoms with Gasteiger partial charge in [0.05, 0.1) is 0 Å². The fourth-order valence-corrected chi connectivity index (χ4v) is 3.34. The van der Waals surface area contributed by atoms with Gasteiger partial charge in [0.15, 0.2) is 0 Å². The lowest BCUT2D eigenvalue weighted by atomic mass is 9.74. The quantitative estimate of drug-likeness (QED) is 0.545. The molecule has 0 radical (unpaired) electrons. The Hall–Kier alpha value is -0.0400. The lowest BCUT2D eigenvalue weighted by Crippen LogP contribution is -2.43.